The van der Waals surface area contributed by atoms with Gasteiger partial charge in [-0.2, -0.15) is 0 Å². The molecule has 1 saturated heterocycles. The second kappa shape index (κ2) is 5.00. The minimum atomic E-state index is -3.21. The lowest BCUT2D eigenvalue weighted by Crippen LogP contribution is -2.40. The van der Waals surface area contributed by atoms with Gasteiger partial charge in [-0.25, -0.2) is 13.1 Å². The van der Waals surface area contributed by atoms with E-state index in [1.807, 2.05) is 0 Å². The van der Waals surface area contributed by atoms with Gasteiger partial charge in [0.2, 0.25) is 10.0 Å². The number of ether oxygens (including phenoxy) is 1. The lowest BCUT2D eigenvalue weighted by molar-refractivity contribution is 0.0452. The van der Waals surface area contributed by atoms with Gasteiger partial charge in [0.15, 0.2) is 0 Å². The van der Waals surface area contributed by atoms with Crippen molar-refractivity contribution in [2.75, 3.05) is 18.9 Å². The van der Waals surface area contributed by atoms with Gasteiger partial charge in [-0.3, -0.25) is 0 Å². The van der Waals surface area contributed by atoms with Gasteiger partial charge in [0, 0.05) is 13.2 Å². The molecule has 1 unspecified atom stereocenters. The molecule has 0 aromatic rings. The Morgan fingerprint density at radius 2 is 2.12 bits per heavy atom. The maximum atomic E-state index is 11.7. The van der Waals surface area contributed by atoms with Crippen LogP contribution >= 0.6 is 0 Å². The van der Waals surface area contributed by atoms with Crippen LogP contribution in [-0.4, -0.2) is 44.6 Å². The van der Waals surface area contributed by atoms with E-state index in [9.17, 15) is 8.42 Å². The molecule has 5 nitrogen and oxygen atoms in total. The zero-order valence-electron chi connectivity index (χ0n) is 9.26. The molecule has 2 N–H and O–H groups in total. The Kier molecular flexibility index (Phi) is 3.84. The summed E-state index contributed by atoms with van der Waals surface area (Å²) in [4.78, 5) is 0. The Labute approximate surface area is 96.2 Å². The number of rotatable bonds is 5. The van der Waals surface area contributed by atoms with Crippen molar-refractivity contribution in [2.24, 2.45) is 5.92 Å². The fourth-order valence-electron chi connectivity index (χ4n) is 2.19. The Hall–Kier alpha value is -0.170. The zero-order valence-corrected chi connectivity index (χ0v) is 10.1. The number of aliphatic hydroxyl groups excluding tert-OH is 1. The first-order chi connectivity index (χ1) is 7.55. The molecule has 1 heterocycles. The second-order valence-electron chi connectivity index (χ2n) is 4.76. The molecule has 2 fully saturated rings. The highest BCUT2D eigenvalue weighted by Gasteiger charge is 2.29. The van der Waals surface area contributed by atoms with E-state index in [4.69, 9.17) is 9.84 Å². The van der Waals surface area contributed by atoms with Gasteiger partial charge in [0.05, 0.1) is 18.0 Å². The molecule has 1 saturated carbocycles. The summed E-state index contributed by atoms with van der Waals surface area (Å²) < 4.78 is 31.2. The van der Waals surface area contributed by atoms with E-state index < -0.39 is 10.0 Å². The normalized spacial score (nSPS) is 34.9. The van der Waals surface area contributed by atoms with Crippen molar-refractivity contribution in [3.8, 4) is 0 Å². The number of nitrogens with one attached hydrogen (secondary N) is 1. The van der Waals surface area contributed by atoms with E-state index in [1.165, 1.54) is 0 Å². The summed E-state index contributed by atoms with van der Waals surface area (Å²) in [6, 6.07) is 0. The van der Waals surface area contributed by atoms with Gasteiger partial charge in [-0.1, -0.05) is 0 Å². The number of sulfonamides is 1. The SMILES string of the molecule is O=S(=O)(CC1CCCO1)NCC1CC(O)C1. The summed E-state index contributed by atoms with van der Waals surface area (Å²) in [7, 11) is -3.21. The van der Waals surface area contributed by atoms with Crippen molar-refractivity contribution in [1.29, 1.82) is 0 Å². The Balaban J connectivity index is 1.70. The van der Waals surface area contributed by atoms with Gasteiger partial charge in [0.1, 0.15) is 0 Å². The molecular formula is C10H19NO4S. The minimum Gasteiger partial charge on any atom is -0.393 e. The number of aliphatic hydroxyl groups is 1. The van der Waals surface area contributed by atoms with Crippen LogP contribution in [0.3, 0.4) is 0 Å². The van der Waals surface area contributed by atoms with Gasteiger partial charge < -0.3 is 9.84 Å². The van der Waals surface area contributed by atoms with Crippen LogP contribution < -0.4 is 4.72 Å². The third-order valence-corrected chi connectivity index (χ3v) is 4.65. The maximum Gasteiger partial charge on any atom is 0.214 e. The molecule has 0 radical (unpaired) electrons. The van der Waals surface area contributed by atoms with E-state index in [0.29, 0.717) is 31.9 Å². The van der Waals surface area contributed by atoms with E-state index in [0.717, 1.165) is 12.8 Å². The lowest BCUT2D eigenvalue weighted by Gasteiger charge is -2.31. The van der Waals surface area contributed by atoms with Gasteiger partial charge >= 0.3 is 0 Å². The molecule has 6 heteroatoms. The van der Waals surface area contributed by atoms with Crippen molar-refractivity contribution in [2.45, 2.75) is 37.9 Å². The van der Waals surface area contributed by atoms with Crippen molar-refractivity contribution >= 4 is 10.0 Å². The molecular weight excluding hydrogens is 230 g/mol. The van der Waals surface area contributed by atoms with Gasteiger partial charge in [-0.15, -0.1) is 0 Å². The van der Waals surface area contributed by atoms with E-state index >= 15 is 0 Å². The Morgan fingerprint density at radius 3 is 2.69 bits per heavy atom. The second-order valence-corrected chi connectivity index (χ2v) is 6.61. The molecule has 1 atom stereocenters. The van der Waals surface area contributed by atoms with E-state index in [2.05, 4.69) is 4.72 Å². The molecule has 0 bridgehead atoms. The standard InChI is InChI=1S/C10H19NO4S/c12-9-4-8(5-9)6-11-16(13,14)7-10-2-1-3-15-10/h8-12H,1-7H2. The van der Waals surface area contributed by atoms with Crippen LogP contribution in [0.15, 0.2) is 0 Å². The number of hydrogen-bond donors (Lipinski definition) is 2. The molecule has 2 aliphatic rings. The Morgan fingerprint density at radius 1 is 1.38 bits per heavy atom. The predicted molar refractivity (Wildman–Crippen MR) is 59.5 cm³/mol. The Bertz CT molecular complexity index is 318. The van der Waals surface area contributed by atoms with E-state index in [-0.39, 0.29) is 18.0 Å². The van der Waals surface area contributed by atoms with Crippen LogP contribution in [0.4, 0.5) is 0 Å². The highest BCUT2D eigenvalue weighted by atomic mass is 32.2. The molecule has 0 spiro atoms. The predicted octanol–water partition coefficient (Wildman–Crippen LogP) is -0.144. The first kappa shape index (κ1) is 12.3. The van der Waals surface area contributed by atoms with Crippen LogP contribution in [0.5, 0.6) is 0 Å². The van der Waals surface area contributed by atoms with Gasteiger partial charge in [-0.05, 0) is 31.6 Å². The lowest BCUT2D eigenvalue weighted by atomic mass is 9.83. The van der Waals surface area contributed by atoms with Crippen LogP contribution in [0, 0.1) is 5.92 Å². The summed E-state index contributed by atoms with van der Waals surface area (Å²) in [5, 5.41) is 9.08. The van der Waals surface area contributed by atoms with Crippen molar-refractivity contribution in [3.63, 3.8) is 0 Å². The van der Waals surface area contributed by atoms with Crippen LogP contribution in [0.25, 0.3) is 0 Å². The summed E-state index contributed by atoms with van der Waals surface area (Å²) >= 11 is 0. The highest BCUT2D eigenvalue weighted by Crippen LogP contribution is 2.26. The van der Waals surface area contributed by atoms with Crippen LogP contribution in [-0.2, 0) is 14.8 Å². The van der Waals surface area contributed by atoms with Crippen molar-refractivity contribution in [3.05, 3.63) is 0 Å². The summed E-state index contributed by atoms with van der Waals surface area (Å²) in [6.07, 6.45) is 2.85. The topological polar surface area (TPSA) is 75.6 Å². The smallest absolute Gasteiger partial charge is 0.214 e. The largest absolute Gasteiger partial charge is 0.393 e. The fraction of sp³-hybridized carbons (Fsp3) is 1.00. The molecule has 2 rings (SSSR count). The fourth-order valence-corrected chi connectivity index (χ4v) is 3.55. The van der Waals surface area contributed by atoms with Crippen LogP contribution in [0.1, 0.15) is 25.7 Å². The molecule has 0 aromatic carbocycles. The van der Waals surface area contributed by atoms with Crippen molar-refractivity contribution < 1.29 is 18.3 Å². The monoisotopic (exact) mass is 249 g/mol. The van der Waals surface area contributed by atoms with Crippen LogP contribution in [0.2, 0.25) is 0 Å². The quantitative estimate of drug-likeness (QED) is 0.711. The average molecular weight is 249 g/mol. The highest BCUT2D eigenvalue weighted by molar-refractivity contribution is 7.89. The molecule has 1 aliphatic heterocycles. The average Bonchev–Trinajstić information content (AvgIpc) is 2.62. The van der Waals surface area contributed by atoms with Gasteiger partial charge in [0.25, 0.3) is 0 Å². The molecule has 94 valence electrons. The summed E-state index contributed by atoms with van der Waals surface area (Å²) in [5.41, 5.74) is 0. The first-order valence-electron chi connectivity index (χ1n) is 5.82. The molecule has 0 aromatic heterocycles. The molecule has 1 aliphatic carbocycles. The molecule has 0 amide bonds. The van der Waals surface area contributed by atoms with E-state index in [1.54, 1.807) is 0 Å². The third kappa shape index (κ3) is 3.41. The minimum absolute atomic E-state index is 0.0717. The molecule has 16 heavy (non-hydrogen) atoms. The van der Waals surface area contributed by atoms with Crippen molar-refractivity contribution in [1.82, 2.24) is 4.72 Å². The first-order valence-corrected chi connectivity index (χ1v) is 7.47. The zero-order chi connectivity index (χ0) is 11.6. The third-order valence-electron chi connectivity index (χ3n) is 3.23. The summed E-state index contributed by atoms with van der Waals surface area (Å²) in [5.74, 6) is 0.372. The maximum absolute atomic E-state index is 11.7. The summed E-state index contributed by atoms with van der Waals surface area (Å²) in [6.45, 7) is 1.13. The number of hydrogen-bond acceptors (Lipinski definition) is 4.